The van der Waals surface area contributed by atoms with E-state index in [1.165, 1.54) is 47.3 Å². The van der Waals surface area contributed by atoms with Gasteiger partial charge in [-0.3, -0.25) is 49.4 Å². The summed E-state index contributed by atoms with van der Waals surface area (Å²) in [4.78, 5) is 54.8. The third-order valence-corrected chi connectivity index (χ3v) is 4.86. The molecule has 4 amide bonds. The Morgan fingerprint density at radius 2 is 0.792 bits per heavy atom. The van der Waals surface area contributed by atoms with E-state index in [0.29, 0.717) is 0 Å². The van der Waals surface area contributed by atoms with E-state index in [1.807, 2.05) is 0 Å². The largest absolute Gasteiger partial charge is 0.275 e. The van der Waals surface area contributed by atoms with Gasteiger partial charge in [-0.25, -0.2) is 0 Å². The zero-order valence-electron chi connectivity index (χ0n) is 13.7. The van der Waals surface area contributed by atoms with Crippen LogP contribution in [0.1, 0.15) is 27.7 Å². The molecule has 0 radical (unpaired) electrons. The van der Waals surface area contributed by atoms with Gasteiger partial charge in [-0.05, 0) is 0 Å². The highest BCUT2D eigenvalue weighted by atomic mass is 16.2. The Labute approximate surface area is 138 Å². The zero-order chi connectivity index (χ0) is 17.5. The molecule has 6 bridgehead atoms. The van der Waals surface area contributed by atoms with Crippen molar-refractivity contribution in [3.8, 4) is 0 Å². The summed E-state index contributed by atoms with van der Waals surface area (Å²) in [7, 11) is 0. The Kier molecular flexibility index (Phi) is 2.86. The van der Waals surface area contributed by atoms with Gasteiger partial charge in [-0.2, -0.15) is 0 Å². The number of rotatable bonds is 0. The van der Waals surface area contributed by atoms with Crippen molar-refractivity contribution in [3.05, 3.63) is 11.6 Å². The fourth-order valence-corrected chi connectivity index (χ4v) is 4.15. The number of piperazine rings is 1. The third kappa shape index (κ3) is 1.56. The minimum atomic E-state index is -0.490. The predicted molar refractivity (Wildman–Crippen MR) is 78.5 cm³/mol. The number of hydrogen-bond acceptors (Lipinski definition) is 6. The van der Waals surface area contributed by atoms with Gasteiger partial charge in [0.25, 0.3) is 0 Å². The van der Waals surface area contributed by atoms with Gasteiger partial charge in [0.05, 0.1) is 0 Å². The van der Waals surface area contributed by atoms with Crippen LogP contribution >= 0.6 is 0 Å². The monoisotopic (exact) mass is 334 g/mol. The number of hydrogen-bond donors (Lipinski definition) is 2. The predicted octanol–water partition coefficient (Wildman–Crippen LogP) is -1.95. The Hall–Kier alpha value is -2.46. The molecule has 4 atom stereocenters. The smallest absolute Gasteiger partial charge is 0.226 e. The molecule has 0 aromatic heterocycles. The van der Waals surface area contributed by atoms with Crippen LogP contribution in [0, 0.1) is 0 Å². The molecule has 5 aliphatic heterocycles. The summed E-state index contributed by atoms with van der Waals surface area (Å²) >= 11 is 0. The zero-order valence-corrected chi connectivity index (χ0v) is 13.7. The molecule has 4 unspecified atom stereocenters. The molecule has 10 nitrogen and oxygen atoms in total. The molecule has 0 aliphatic carbocycles. The second-order valence-corrected chi connectivity index (χ2v) is 6.32. The van der Waals surface area contributed by atoms with Crippen LogP contribution in [0.5, 0.6) is 0 Å². The second-order valence-electron chi connectivity index (χ2n) is 6.32. The van der Waals surface area contributed by atoms with Gasteiger partial charge in [-0.15, -0.1) is 0 Å². The van der Waals surface area contributed by atoms with E-state index in [0.717, 1.165) is 0 Å². The molecule has 3 fully saturated rings. The minimum absolute atomic E-state index is 0.274. The van der Waals surface area contributed by atoms with Gasteiger partial charge in [0.1, 0.15) is 24.7 Å². The van der Waals surface area contributed by atoms with E-state index in [4.69, 9.17) is 0 Å². The first-order chi connectivity index (χ1) is 11.3. The van der Waals surface area contributed by atoms with Gasteiger partial charge in [0.15, 0.2) is 11.6 Å². The SMILES string of the molecule is CC(=O)N1C2=C3N(C(C)=O)C4NC1C(NC4N3C(C)=O)N2C(C)=O. The van der Waals surface area contributed by atoms with Crippen LogP contribution in [0.15, 0.2) is 11.6 Å². The minimum Gasteiger partial charge on any atom is -0.275 e. The molecule has 5 rings (SSSR count). The van der Waals surface area contributed by atoms with Crippen molar-refractivity contribution < 1.29 is 19.2 Å². The average Bonchev–Trinajstić information content (AvgIpc) is 2.85. The highest BCUT2D eigenvalue weighted by Gasteiger charge is 2.64. The molecule has 0 spiro atoms. The third-order valence-electron chi connectivity index (χ3n) is 4.86. The lowest BCUT2D eigenvalue weighted by atomic mass is 10.2. The molecule has 128 valence electrons. The average molecular weight is 334 g/mol. The molecule has 10 heteroatoms. The maximum Gasteiger partial charge on any atom is 0.226 e. The van der Waals surface area contributed by atoms with E-state index >= 15 is 0 Å². The first-order valence-electron chi connectivity index (χ1n) is 7.71. The van der Waals surface area contributed by atoms with Crippen molar-refractivity contribution in [1.29, 1.82) is 0 Å². The summed E-state index contributed by atoms with van der Waals surface area (Å²) in [5.74, 6) is -0.546. The lowest BCUT2D eigenvalue weighted by Gasteiger charge is -2.42. The van der Waals surface area contributed by atoms with Crippen LogP contribution in [0.25, 0.3) is 0 Å². The Morgan fingerprint density at radius 3 is 0.958 bits per heavy atom. The Bertz CT molecular complexity index is 617. The second kappa shape index (κ2) is 4.54. The van der Waals surface area contributed by atoms with Gasteiger partial charge < -0.3 is 0 Å². The van der Waals surface area contributed by atoms with Gasteiger partial charge in [0, 0.05) is 27.7 Å². The topological polar surface area (TPSA) is 105 Å². The molecule has 24 heavy (non-hydrogen) atoms. The van der Waals surface area contributed by atoms with E-state index in [-0.39, 0.29) is 35.3 Å². The van der Waals surface area contributed by atoms with Crippen LogP contribution in [0.4, 0.5) is 0 Å². The summed E-state index contributed by atoms with van der Waals surface area (Å²) < 4.78 is 0. The summed E-state index contributed by atoms with van der Waals surface area (Å²) in [5.41, 5.74) is 0. The summed E-state index contributed by atoms with van der Waals surface area (Å²) in [5, 5.41) is 6.50. The van der Waals surface area contributed by atoms with E-state index in [1.54, 1.807) is 0 Å². The number of carbonyl (C=O) groups excluding carboxylic acids is 4. The molecular weight excluding hydrogens is 316 g/mol. The molecule has 0 saturated carbocycles. The maximum atomic E-state index is 12.3. The first kappa shape index (κ1) is 15.1. The number of carbonyl (C=O) groups is 4. The van der Waals surface area contributed by atoms with Crippen LogP contribution in [0.2, 0.25) is 0 Å². The van der Waals surface area contributed by atoms with E-state index in [9.17, 15) is 19.2 Å². The fraction of sp³-hybridized carbons (Fsp3) is 0.571. The molecular formula is C14H18N6O4. The fourth-order valence-electron chi connectivity index (χ4n) is 4.15. The normalized spacial score (nSPS) is 32.8. The van der Waals surface area contributed by atoms with Crippen molar-refractivity contribution in [1.82, 2.24) is 30.2 Å². The van der Waals surface area contributed by atoms with Crippen molar-refractivity contribution >= 4 is 23.6 Å². The van der Waals surface area contributed by atoms with Crippen molar-refractivity contribution in [2.75, 3.05) is 0 Å². The first-order valence-corrected chi connectivity index (χ1v) is 7.71. The molecule has 3 saturated heterocycles. The van der Waals surface area contributed by atoms with Crippen LogP contribution in [-0.2, 0) is 19.2 Å². The van der Waals surface area contributed by atoms with Crippen molar-refractivity contribution in [3.63, 3.8) is 0 Å². The molecule has 0 aromatic rings. The lowest BCUT2D eigenvalue weighted by molar-refractivity contribution is -0.134. The van der Waals surface area contributed by atoms with Crippen LogP contribution < -0.4 is 10.6 Å². The lowest BCUT2D eigenvalue weighted by Crippen LogP contribution is -2.73. The van der Waals surface area contributed by atoms with Gasteiger partial charge in [-0.1, -0.05) is 0 Å². The summed E-state index contributed by atoms with van der Waals surface area (Å²) in [6.45, 7) is 5.57. The van der Waals surface area contributed by atoms with Crippen LogP contribution in [-0.4, -0.2) is 67.9 Å². The van der Waals surface area contributed by atoms with Crippen molar-refractivity contribution in [2.45, 2.75) is 52.4 Å². The summed E-state index contributed by atoms with van der Waals surface area (Å²) in [6.07, 6.45) is -1.96. The van der Waals surface area contributed by atoms with Crippen LogP contribution in [0.3, 0.4) is 0 Å². The molecule has 2 N–H and O–H groups in total. The number of nitrogens with one attached hydrogen (secondary N) is 2. The standard InChI is InChI=1S/C14H18N6O4/c1-5(21)17-9-10-16-12-11(15-9)19(7(3)23)14(20(12)8(4)24)13(17)18(10)6(2)22/h9-12,15-16H,1-4H3. The Balaban J connectivity index is 2.05. The Morgan fingerprint density at radius 1 is 0.583 bits per heavy atom. The van der Waals surface area contributed by atoms with Gasteiger partial charge >= 0.3 is 0 Å². The van der Waals surface area contributed by atoms with Crippen molar-refractivity contribution in [2.24, 2.45) is 0 Å². The number of nitrogens with zero attached hydrogens (tertiary/aromatic N) is 4. The molecule has 5 heterocycles. The number of amides is 4. The molecule has 0 aromatic carbocycles. The molecule has 5 aliphatic rings. The highest BCUT2D eigenvalue weighted by Crippen LogP contribution is 2.45. The van der Waals surface area contributed by atoms with E-state index in [2.05, 4.69) is 10.6 Å². The quantitative estimate of drug-likeness (QED) is 0.533. The van der Waals surface area contributed by atoms with Gasteiger partial charge in [0.2, 0.25) is 23.6 Å². The highest BCUT2D eigenvalue weighted by molar-refractivity contribution is 5.87. The van der Waals surface area contributed by atoms with E-state index < -0.39 is 24.7 Å². The maximum absolute atomic E-state index is 12.3. The summed E-state index contributed by atoms with van der Waals surface area (Å²) in [6, 6.07) is 0.